The van der Waals surface area contributed by atoms with Crippen molar-refractivity contribution in [3.8, 4) is 0 Å². The van der Waals surface area contributed by atoms with E-state index >= 15 is 0 Å². The van der Waals surface area contributed by atoms with Crippen LogP contribution in [0.1, 0.15) is 31.2 Å². The highest BCUT2D eigenvalue weighted by Gasteiger charge is 2.18. The lowest BCUT2D eigenvalue weighted by Gasteiger charge is -2.25. The van der Waals surface area contributed by atoms with Crippen LogP contribution in [0.5, 0.6) is 0 Å². The highest BCUT2D eigenvalue weighted by atomic mass is 16.3. The number of aliphatic hydroxyl groups excluding tert-OH is 1. The summed E-state index contributed by atoms with van der Waals surface area (Å²) in [6.07, 6.45) is 9.39. The predicted molar refractivity (Wildman–Crippen MR) is 68.0 cm³/mol. The molecule has 0 bridgehead atoms. The van der Waals surface area contributed by atoms with Crippen molar-refractivity contribution in [1.29, 1.82) is 0 Å². The molecule has 0 heterocycles. The third kappa shape index (κ3) is 3.21. The second-order valence-electron chi connectivity index (χ2n) is 4.73. The molecule has 1 N–H and O–H groups in total. The number of hydrogen-bond donors (Lipinski definition) is 1. The van der Waals surface area contributed by atoms with E-state index in [0.717, 1.165) is 0 Å². The summed E-state index contributed by atoms with van der Waals surface area (Å²) in [5, 5.41) is 9.07. The van der Waals surface area contributed by atoms with Crippen LogP contribution in [0.15, 0.2) is 36.4 Å². The molecule has 0 amide bonds. The quantitative estimate of drug-likeness (QED) is 0.820. The van der Waals surface area contributed by atoms with E-state index in [0.29, 0.717) is 18.4 Å². The summed E-state index contributed by atoms with van der Waals surface area (Å²) in [6.45, 7) is 0.370. The minimum atomic E-state index is 0.370. The zero-order valence-electron chi connectivity index (χ0n) is 9.68. The van der Waals surface area contributed by atoms with Crippen molar-refractivity contribution in [2.24, 2.45) is 11.8 Å². The fourth-order valence-corrected chi connectivity index (χ4v) is 2.37. The molecule has 0 atom stereocenters. The van der Waals surface area contributed by atoms with E-state index in [4.69, 9.17) is 5.11 Å². The summed E-state index contributed by atoms with van der Waals surface area (Å²) < 4.78 is 0. The van der Waals surface area contributed by atoms with Gasteiger partial charge in [-0.2, -0.15) is 0 Å². The monoisotopic (exact) mass is 216 g/mol. The summed E-state index contributed by atoms with van der Waals surface area (Å²) in [5.41, 5.74) is 1.28. The van der Waals surface area contributed by atoms with E-state index in [1.54, 1.807) is 0 Å². The highest BCUT2D eigenvalue weighted by molar-refractivity contribution is 5.48. The van der Waals surface area contributed by atoms with E-state index in [2.05, 4.69) is 36.4 Å². The Labute approximate surface area is 97.8 Å². The third-order valence-electron chi connectivity index (χ3n) is 3.51. The number of allylic oxidation sites excluding steroid dienone is 1. The first-order chi connectivity index (χ1) is 7.88. The van der Waals surface area contributed by atoms with Crippen LogP contribution in [-0.4, -0.2) is 11.7 Å². The van der Waals surface area contributed by atoms with Gasteiger partial charge in [0, 0.05) is 6.61 Å². The minimum Gasteiger partial charge on any atom is -0.396 e. The maximum Gasteiger partial charge on any atom is 0.0459 e. The van der Waals surface area contributed by atoms with Crippen molar-refractivity contribution in [3.63, 3.8) is 0 Å². The molecule has 0 radical (unpaired) electrons. The lowest BCUT2D eigenvalue weighted by Crippen LogP contribution is -2.15. The summed E-state index contributed by atoms with van der Waals surface area (Å²) >= 11 is 0. The van der Waals surface area contributed by atoms with Crippen LogP contribution in [0, 0.1) is 11.8 Å². The maximum absolute atomic E-state index is 9.07. The Kier molecular flexibility index (Phi) is 4.17. The third-order valence-corrected chi connectivity index (χ3v) is 3.51. The predicted octanol–water partition coefficient (Wildman–Crippen LogP) is 3.50. The largest absolute Gasteiger partial charge is 0.396 e. The zero-order chi connectivity index (χ0) is 11.2. The highest BCUT2D eigenvalue weighted by Crippen LogP contribution is 2.29. The summed E-state index contributed by atoms with van der Waals surface area (Å²) in [5.74, 6) is 1.27. The Morgan fingerprint density at radius 3 is 2.38 bits per heavy atom. The molecule has 1 aromatic carbocycles. The minimum absolute atomic E-state index is 0.370. The van der Waals surface area contributed by atoms with Crippen molar-refractivity contribution in [3.05, 3.63) is 42.0 Å². The Morgan fingerprint density at radius 1 is 1.06 bits per heavy atom. The molecule has 0 aromatic heterocycles. The molecule has 0 spiro atoms. The van der Waals surface area contributed by atoms with Gasteiger partial charge in [0.2, 0.25) is 0 Å². The summed E-state index contributed by atoms with van der Waals surface area (Å²) in [4.78, 5) is 0. The molecule has 1 aliphatic rings. The number of rotatable bonds is 3. The zero-order valence-corrected chi connectivity index (χ0v) is 9.68. The SMILES string of the molecule is OCC1CCC(/C=C/c2ccccc2)CC1. The first kappa shape index (κ1) is 11.4. The normalized spacial score (nSPS) is 26.1. The van der Waals surface area contributed by atoms with Gasteiger partial charge in [0.25, 0.3) is 0 Å². The van der Waals surface area contributed by atoms with E-state index in [9.17, 15) is 0 Å². The van der Waals surface area contributed by atoms with Gasteiger partial charge in [0.1, 0.15) is 0 Å². The lowest BCUT2D eigenvalue weighted by atomic mass is 9.82. The molecule has 2 rings (SSSR count). The molecule has 1 heteroatoms. The van der Waals surface area contributed by atoms with Crippen LogP contribution in [0.4, 0.5) is 0 Å². The smallest absolute Gasteiger partial charge is 0.0459 e. The standard InChI is InChI=1S/C15H20O/c16-12-15-10-8-14(9-11-15)7-6-13-4-2-1-3-5-13/h1-7,14-16H,8-12H2/b7-6+. The van der Waals surface area contributed by atoms with E-state index < -0.39 is 0 Å². The Hall–Kier alpha value is -1.08. The Bertz CT molecular complexity index is 321. The van der Waals surface area contributed by atoms with Crippen LogP contribution >= 0.6 is 0 Å². The van der Waals surface area contributed by atoms with Gasteiger partial charge in [-0.25, -0.2) is 0 Å². The average Bonchev–Trinajstić information content (AvgIpc) is 2.38. The molecule has 1 aromatic rings. The van der Waals surface area contributed by atoms with Crippen molar-refractivity contribution >= 4 is 6.08 Å². The first-order valence-corrected chi connectivity index (χ1v) is 6.22. The molecule has 1 nitrogen and oxygen atoms in total. The van der Waals surface area contributed by atoms with Crippen LogP contribution in [0.2, 0.25) is 0 Å². The van der Waals surface area contributed by atoms with Gasteiger partial charge in [-0.1, -0.05) is 42.5 Å². The van der Waals surface area contributed by atoms with Gasteiger partial charge < -0.3 is 5.11 Å². The fourth-order valence-electron chi connectivity index (χ4n) is 2.37. The van der Waals surface area contributed by atoms with Crippen molar-refractivity contribution < 1.29 is 5.11 Å². The molecule has 1 aliphatic carbocycles. The lowest BCUT2D eigenvalue weighted by molar-refractivity contribution is 0.178. The second kappa shape index (κ2) is 5.86. The Balaban J connectivity index is 1.85. The van der Waals surface area contributed by atoms with Crippen molar-refractivity contribution in [2.75, 3.05) is 6.61 Å². The summed E-state index contributed by atoms with van der Waals surface area (Å²) in [7, 11) is 0. The van der Waals surface area contributed by atoms with E-state index in [-0.39, 0.29) is 0 Å². The molecule has 0 saturated heterocycles. The van der Waals surface area contributed by atoms with Gasteiger partial charge in [-0.15, -0.1) is 0 Å². The number of aliphatic hydroxyl groups is 1. The molecule has 16 heavy (non-hydrogen) atoms. The van der Waals surface area contributed by atoms with E-state index in [1.807, 2.05) is 6.07 Å². The maximum atomic E-state index is 9.07. The molecule has 0 unspecified atom stereocenters. The fraction of sp³-hybridized carbons (Fsp3) is 0.467. The molecular weight excluding hydrogens is 196 g/mol. The topological polar surface area (TPSA) is 20.2 Å². The number of hydrogen-bond acceptors (Lipinski definition) is 1. The first-order valence-electron chi connectivity index (χ1n) is 6.22. The van der Waals surface area contributed by atoms with Gasteiger partial charge in [-0.3, -0.25) is 0 Å². The molecule has 86 valence electrons. The van der Waals surface area contributed by atoms with Crippen LogP contribution in [0.3, 0.4) is 0 Å². The molecule has 1 fully saturated rings. The van der Waals surface area contributed by atoms with Gasteiger partial charge in [0.15, 0.2) is 0 Å². The molecular formula is C15H20O. The van der Waals surface area contributed by atoms with Crippen LogP contribution < -0.4 is 0 Å². The van der Waals surface area contributed by atoms with Crippen LogP contribution in [-0.2, 0) is 0 Å². The number of benzene rings is 1. The summed E-state index contributed by atoms with van der Waals surface area (Å²) in [6, 6.07) is 10.5. The Morgan fingerprint density at radius 2 is 1.75 bits per heavy atom. The van der Waals surface area contributed by atoms with Gasteiger partial charge >= 0.3 is 0 Å². The average molecular weight is 216 g/mol. The van der Waals surface area contributed by atoms with Crippen LogP contribution in [0.25, 0.3) is 6.08 Å². The molecule has 0 aliphatic heterocycles. The van der Waals surface area contributed by atoms with Crippen molar-refractivity contribution in [2.45, 2.75) is 25.7 Å². The second-order valence-corrected chi connectivity index (χ2v) is 4.73. The van der Waals surface area contributed by atoms with Crippen molar-refractivity contribution in [1.82, 2.24) is 0 Å². The molecule has 1 saturated carbocycles. The van der Waals surface area contributed by atoms with Gasteiger partial charge in [0.05, 0.1) is 0 Å². The van der Waals surface area contributed by atoms with E-state index in [1.165, 1.54) is 31.2 Å². The van der Waals surface area contributed by atoms with Gasteiger partial charge in [-0.05, 0) is 43.1 Å².